The van der Waals surface area contributed by atoms with Gasteiger partial charge in [-0.25, -0.2) is 0 Å². The number of hydrogen-bond donors (Lipinski definition) is 0. The topological polar surface area (TPSA) is 40.2 Å². The lowest BCUT2D eigenvalue weighted by molar-refractivity contribution is 0.287. The predicted octanol–water partition coefficient (Wildman–Crippen LogP) is 4.34. The van der Waals surface area contributed by atoms with Gasteiger partial charge in [-0.05, 0) is 31.0 Å². The molecule has 0 bridgehead atoms. The first kappa shape index (κ1) is 17.5. The minimum Gasteiger partial charge on any atom is -0.493 e. The molecular weight excluding hydrogens is 342 g/mol. The smallest absolute Gasteiger partial charge is 0.203 e. The molecule has 1 aliphatic heterocycles. The fourth-order valence-corrected chi connectivity index (χ4v) is 3.25. The van der Waals surface area contributed by atoms with Crippen molar-refractivity contribution in [1.82, 2.24) is 0 Å². The highest BCUT2D eigenvalue weighted by Gasteiger charge is 2.24. The van der Waals surface area contributed by atoms with E-state index in [0.717, 1.165) is 33.1 Å². The van der Waals surface area contributed by atoms with Gasteiger partial charge in [-0.1, -0.05) is 11.6 Å². The third-order valence-electron chi connectivity index (χ3n) is 4.51. The number of ether oxygens (including phenoxy) is 4. The van der Waals surface area contributed by atoms with E-state index in [1.165, 1.54) is 0 Å². The molecule has 0 aromatic heterocycles. The molecule has 2 aromatic carbocycles. The van der Waals surface area contributed by atoms with Gasteiger partial charge in [-0.15, -0.1) is 0 Å². The summed E-state index contributed by atoms with van der Waals surface area (Å²) in [5.41, 5.74) is 4.10. The predicted molar refractivity (Wildman–Crippen MR) is 98.7 cm³/mol. The highest BCUT2D eigenvalue weighted by molar-refractivity contribution is 6.32. The number of benzene rings is 2. The molecule has 0 saturated heterocycles. The molecule has 0 spiro atoms. The van der Waals surface area contributed by atoms with Crippen LogP contribution >= 0.6 is 11.6 Å². The quantitative estimate of drug-likeness (QED) is 0.808. The summed E-state index contributed by atoms with van der Waals surface area (Å²) in [5.74, 6) is 2.69. The van der Waals surface area contributed by atoms with Crippen LogP contribution in [-0.2, 0) is 6.54 Å². The lowest BCUT2D eigenvalue weighted by atomic mass is 10.0. The zero-order chi connectivity index (χ0) is 18.1. The Morgan fingerprint density at radius 2 is 1.64 bits per heavy atom. The zero-order valence-electron chi connectivity index (χ0n) is 15.1. The van der Waals surface area contributed by atoms with Gasteiger partial charge >= 0.3 is 0 Å². The summed E-state index contributed by atoms with van der Waals surface area (Å²) in [6.07, 6.45) is 0. The van der Waals surface area contributed by atoms with E-state index in [1.54, 1.807) is 21.3 Å². The Morgan fingerprint density at radius 1 is 1.00 bits per heavy atom. The van der Waals surface area contributed by atoms with Crippen LogP contribution in [0.25, 0.3) is 0 Å². The average molecular weight is 364 g/mol. The molecule has 134 valence electrons. The molecule has 0 aliphatic carbocycles. The highest BCUT2D eigenvalue weighted by Crippen LogP contribution is 2.43. The highest BCUT2D eigenvalue weighted by atomic mass is 35.5. The molecule has 0 saturated carbocycles. The standard InChI is InChI=1S/C19H22ClNO4/c1-11-6-15-14(12(2)18(11)20)9-21(10-25-15)13-7-16(22-3)19(24-5)17(8-13)23-4/h6-8H,9-10H2,1-5H3. The third kappa shape index (κ3) is 3.04. The summed E-state index contributed by atoms with van der Waals surface area (Å²) >= 11 is 6.41. The van der Waals surface area contributed by atoms with Crippen LogP contribution in [0.15, 0.2) is 18.2 Å². The number of methoxy groups -OCH3 is 3. The van der Waals surface area contributed by atoms with Crippen LogP contribution in [0.3, 0.4) is 0 Å². The fourth-order valence-electron chi connectivity index (χ4n) is 3.09. The monoisotopic (exact) mass is 363 g/mol. The van der Waals surface area contributed by atoms with Gasteiger partial charge in [-0.3, -0.25) is 0 Å². The summed E-state index contributed by atoms with van der Waals surface area (Å²) in [4.78, 5) is 2.10. The molecule has 3 rings (SSSR count). The Kier molecular flexibility index (Phi) is 4.86. The number of fused-ring (bicyclic) bond motifs is 1. The van der Waals surface area contributed by atoms with E-state index in [9.17, 15) is 0 Å². The second-order valence-electron chi connectivity index (χ2n) is 5.96. The Labute approximate surface area is 153 Å². The molecule has 0 atom stereocenters. The summed E-state index contributed by atoms with van der Waals surface area (Å²) in [7, 11) is 4.81. The first-order valence-electron chi connectivity index (χ1n) is 7.96. The maximum Gasteiger partial charge on any atom is 0.203 e. The van der Waals surface area contributed by atoms with Gasteiger partial charge in [0.1, 0.15) is 5.75 Å². The van der Waals surface area contributed by atoms with E-state index < -0.39 is 0 Å². The van der Waals surface area contributed by atoms with Crippen molar-refractivity contribution >= 4 is 17.3 Å². The minimum absolute atomic E-state index is 0.437. The third-order valence-corrected chi connectivity index (χ3v) is 5.09. The molecule has 0 radical (unpaired) electrons. The van der Waals surface area contributed by atoms with Gasteiger partial charge in [0.2, 0.25) is 5.75 Å². The van der Waals surface area contributed by atoms with E-state index in [-0.39, 0.29) is 0 Å². The maximum atomic E-state index is 6.41. The Morgan fingerprint density at radius 3 is 2.20 bits per heavy atom. The maximum absolute atomic E-state index is 6.41. The van der Waals surface area contributed by atoms with Gasteiger partial charge in [0, 0.05) is 28.4 Å². The van der Waals surface area contributed by atoms with Crippen molar-refractivity contribution in [3.05, 3.63) is 39.9 Å². The van der Waals surface area contributed by atoms with E-state index in [4.69, 9.17) is 30.5 Å². The van der Waals surface area contributed by atoms with Gasteiger partial charge in [0.25, 0.3) is 0 Å². The Balaban J connectivity index is 2.01. The van der Waals surface area contributed by atoms with Crippen LogP contribution in [0.2, 0.25) is 5.02 Å². The van der Waals surface area contributed by atoms with Crippen LogP contribution in [0.4, 0.5) is 5.69 Å². The molecule has 2 aromatic rings. The van der Waals surface area contributed by atoms with Gasteiger partial charge in [0.05, 0.1) is 27.9 Å². The number of nitrogens with zero attached hydrogens (tertiary/aromatic N) is 1. The van der Waals surface area contributed by atoms with Gasteiger partial charge < -0.3 is 23.8 Å². The zero-order valence-corrected chi connectivity index (χ0v) is 15.9. The first-order chi connectivity index (χ1) is 12.0. The molecule has 5 nitrogen and oxygen atoms in total. The number of halogens is 1. The molecule has 1 heterocycles. The minimum atomic E-state index is 0.437. The number of anilines is 1. The molecule has 0 N–H and O–H groups in total. The Hall–Kier alpha value is -2.27. The Bertz CT molecular complexity index is 781. The van der Waals surface area contributed by atoms with Crippen LogP contribution < -0.4 is 23.8 Å². The molecule has 0 fully saturated rings. The summed E-state index contributed by atoms with van der Waals surface area (Å²) in [6.45, 7) is 5.15. The molecular formula is C19H22ClNO4. The summed E-state index contributed by atoms with van der Waals surface area (Å²) in [6, 6.07) is 5.83. The molecule has 0 amide bonds. The van der Waals surface area contributed by atoms with Gasteiger partial charge in [-0.2, -0.15) is 0 Å². The second-order valence-corrected chi connectivity index (χ2v) is 6.34. The lowest BCUT2D eigenvalue weighted by Gasteiger charge is -2.33. The van der Waals surface area contributed by atoms with E-state index >= 15 is 0 Å². The van der Waals surface area contributed by atoms with Crippen LogP contribution in [0, 0.1) is 13.8 Å². The largest absolute Gasteiger partial charge is 0.493 e. The average Bonchev–Trinajstić information content (AvgIpc) is 2.64. The van der Waals surface area contributed by atoms with Gasteiger partial charge in [0.15, 0.2) is 18.2 Å². The SMILES string of the molecule is COc1cc(N2COc3cc(C)c(Cl)c(C)c3C2)cc(OC)c1OC. The molecule has 25 heavy (non-hydrogen) atoms. The van der Waals surface area contributed by atoms with Crippen molar-refractivity contribution in [2.24, 2.45) is 0 Å². The van der Waals surface area contributed by atoms with Crippen LogP contribution in [-0.4, -0.2) is 28.1 Å². The van der Waals surface area contributed by atoms with Crippen molar-refractivity contribution in [2.45, 2.75) is 20.4 Å². The first-order valence-corrected chi connectivity index (χ1v) is 8.34. The summed E-state index contributed by atoms with van der Waals surface area (Å²) in [5, 5.41) is 0.786. The second kappa shape index (κ2) is 6.92. The van der Waals surface area contributed by atoms with Crippen molar-refractivity contribution in [3.8, 4) is 23.0 Å². The van der Waals surface area contributed by atoms with Crippen LogP contribution in [0.5, 0.6) is 23.0 Å². The van der Waals surface area contributed by atoms with Crippen LogP contribution in [0.1, 0.15) is 16.7 Å². The summed E-state index contributed by atoms with van der Waals surface area (Å²) < 4.78 is 22.2. The van der Waals surface area contributed by atoms with E-state index in [1.807, 2.05) is 32.0 Å². The van der Waals surface area contributed by atoms with Crippen molar-refractivity contribution in [3.63, 3.8) is 0 Å². The van der Waals surface area contributed by atoms with E-state index in [0.29, 0.717) is 30.5 Å². The van der Waals surface area contributed by atoms with E-state index in [2.05, 4.69) is 4.90 Å². The number of rotatable bonds is 4. The number of hydrogen-bond acceptors (Lipinski definition) is 5. The molecule has 1 aliphatic rings. The fraction of sp³-hybridized carbons (Fsp3) is 0.368. The molecule has 0 unspecified atom stereocenters. The number of aryl methyl sites for hydroxylation is 1. The lowest BCUT2D eigenvalue weighted by Crippen LogP contribution is -2.32. The van der Waals surface area contributed by atoms with Crippen molar-refractivity contribution < 1.29 is 18.9 Å². The normalized spacial score (nSPS) is 13.1. The molecule has 6 heteroatoms. The van der Waals surface area contributed by atoms with Crippen molar-refractivity contribution in [1.29, 1.82) is 0 Å². The van der Waals surface area contributed by atoms with Crippen molar-refractivity contribution in [2.75, 3.05) is 33.0 Å².